The van der Waals surface area contributed by atoms with Crippen LogP contribution in [-0.4, -0.2) is 47.5 Å². The van der Waals surface area contributed by atoms with Crippen molar-refractivity contribution in [3.05, 3.63) is 81.0 Å². The number of anilines is 1. The summed E-state index contributed by atoms with van der Waals surface area (Å²) in [6.45, 7) is 5.70. The first-order chi connectivity index (χ1) is 16.2. The van der Waals surface area contributed by atoms with E-state index in [1.54, 1.807) is 37.3 Å². The molecule has 178 valence electrons. The molecule has 0 aliphatic carbocycles. The predicted molar refractivity (Wildman–Crippen MR) is 137 cm³/mol. The lowest BCUT2D eigenvalue weighted by Gasteiger charge is -2.30. The Morgan fingerprint density at radius 1 is 1.03 bits per heavy atom. The zero-order valence-electron chi connectivity index (χ0n) is 19.9. The van der Waals surface area contributed by atoms with Crippen LogP contribution in [0.25, 0.3) is 0 Å². The van der Waals surface area contributed by atoms with E-state index in [0.717, 1.165) is 42.1 Å². The van der Waals surface area contributed by atoms with E-state index in [0.29, 0.717) is 4.88 Å². The number of phenols is 1. The van der Waals surface area contributed by atoms with Gasteiger partial charge in [-0.2, -0.15) is 0 Å². The number of fused-ring (bicyclic) bond motifs is 1. The van der Waals surface area contributed by atoms with Crippen LogP contribution < -0.4 is 10.6 Å². The molecular formula is C27H31N3O3S. The molecule has 1 aliphatic heterocycles. The van der Waals surface area contributed by atoms with Crippen LogP contribution in [0.5, 0.6) is 5.75 Å². The number of carbonyl (C=O) groups excluding carboxylic acids is 2. The molecule has 2 heterocycles. The summed E-state index contributed by atoms with van der Waals surface area (Å²) in [6, 6.07) is 16.5. The SMILES string of the molecule is Cc1ccc(C(=O)NC(C)(Cc2ccc(O)cc2)C(=O)Nc2ccc3c(c2)CCN(C)CC3)s1. The van der Waals surface area contributed by atoms with Crippen LogP contribution in [0.4, 0.5) is 5.69 Å². The van der Waals surface area contributed by atoms with E-state index in [4.69, 9.17) is 0 Å². The number of thiophene rings is 1. The van der Waals surface area contributed by atoms with Gasteiger partial charge in [-0.1, -0.05) is 18.2 Å². The lowest BCUT2D eigenvalue weighted by Crippen LogP contribution is -2.56. The molecule has 0 spiro atoms. The number of hydrogen-bond acceptors (Lipinski definition) is 5. The third-order valence-electron chi connectivity index (χ3n) is 6.34. The summed E-state index contributed by atoms with van der Waals surface area (Å²) in [7, 11) is 2.13. The third-order valence-corrected chi connectivity index (χ3v) is 7.34. The number of nitrogens with one attached hydrogen (secondary N) is 2. The number of nitrogens with zero attached hydrogens (tertiary/aromatic N) is 1. The Bertz CT molecular complexity index is 1190. The first-order valence-corrected chi connectivity index (χ1v) is 12.3. The van der Waals surface area contributed by atoms with Gasteiger partial charge in [0.2, 0.25) is 5.91 Å². The molecule has 0 bridgehead atoms. The molecule has 1 aliphatic rings. The first kappa shape index (κ1) is 24.0. The van der Waals surface area contributed by atoms with Crippen LogP contribution in [-0.2, 0) is 24.1 Å². The van der Waals surface area contributed by atoms with E-state index in [1.807, 2.05) is 19.1 Å². The molecule has 0 saturated carbocycles. The number of hydrogen-bond donors (Lipinski definition) is 3. The van der Waals surface area contributed by atoms with Crippen molar-refractivity contribution in [1.29, 1.82) is 0 Å². The van der Waals surface area contributed by atoms with Crippen LogP contribution in [0.2, 0.25) is 0 Å². The maximum atomic E-state index is 13.6. The highest BCUT2D eigenvalue weighted by Gasteiger charge is 2.36. The number of phenolic OH excluding ortho intramolecular Hbond substituents is 1. The minimum absolute atomic E-state index is 0.156. The number of rotatable bonds is 6. The molecule has 2 aromatic carbocycles. The van der Waals surface area contributed by atoms with E-state index in [1.165, 1.54) is 22.5 Å². The van der Waals surface area contributed by atoms with E-state index in [9.17, 15) is 14.7 Å². The summed E-state index contributed by atoms with van der Waals surface area (Å²) in [5.74, 6) is -0.406. The van der Waals surface area contributed by atoms with E-state index in [-0.39, 0.29) is 24.0 Å². The summed E-state index contributed by atoms with van der Waals surface area (Å²) in [5.41, 5.74) is 2.93. The fraction of sp³-hybridized carbons (Fsp3) is 0.333. The highest BCUT2D eigenvalue weighted by molar-refractivity contribution is 7.13. The Morgan fingerprint density at radius 3 is 2.41 bits per heavy atom. The summed E-state index contributed by atoms with van der Waals surface area (Å²) < 4.78 is 0. The number of aryl methyl sites for hydroxylation is 1. The van der Waals surface area contributed by atoms with Gasteiger partial charge in [-0.3, -0.25) is 9.59 Å². The van der Waals surface area contributed by atoms with Gasteiger partial charge >= 0.3 is 0 Å². The van der Waals surface area contributed by atoms with Crippen molar-refractivity contribution in [1.82, 2.24) is 10.2 Å². The number of amides is 2. The topological polar surface area (TPSA) is 81.7 Å². The molecule has 0 saturated heterocycles. The van der Waals surface area contributed by atoms with Gasteiger partial charge in [0.25, 0.3) is 5.91 Å². The Morgan fingerprint density at radius 2 is 1.74 bits per heavy atom. The zero-order chi connectivity index (χ0) is 24.3. The van der Waals surface area contributed by atoms with E-state index < -0.39 is 5.54 Å². The molecule has 34 heavy (non-hydrogen) atoms. The Hall–Kier alpha value is -3.16. The van der Waals surface area contributed by atoms with Crippen LogP contribution in [0.15, 0.2) is 54.6 Å². The molecule has 1 atom stereocenters. The molecule has 4 rings (SSSR count). The number of benzene rings is 2. The smallest absolute Gasteiger partial charge is 0.262 e. The molecule has 2 amide bonds. The van der Waals surface area contributed by atoms with Crippen molar-refractivity contribution >= 4 is 28.8 Å². The normalized spacial score (nSPS) is 15.6. The molecule has 7 heteroatoms. The Kier molecular flexibility index (Phi) is 7.05. The van der Waals surface area contributed by atoms with Gasteiger partial charge in [0.1, 0.15) is 11.3 Å². The quantitative estimate of drug-likeness (QED) is 0.498. The second kappa shape index (κ2) is 9.99. The lowest BCUT2D eigenvalue weighted by molar-refractivity contribution is -0.121. The van der Waals surface area contributed by atoms with Crippen molar-refractivity contribution in [2.45, 2.75) is 38.6 Å². The van der Waals surface area contributed by atoms with Gasteiger partial charge in [0.15, 0.2) is 0 Å². The molecule has 1 aromatic heterocycles. The third kappa shape index (κ3) is 5.66. The first-order valence-electron chi connectivity index (χ1n) is 11.5. The summed E-state index contributed by atoms with van der Waals surface area (Å²) in [4.78, 5) is 30.5. The van der Waals surface area contributed by atoms with E-state index >= 15 is 0 Å². The van der Waals surface area contributed by atoms with Crippen molar-refractivity contribution in [3.8, 4) is 5.75 Å². The molecular weight excluding hydrogens is 446 g/mol. The summed E-state index contributed by atoms with van der Waals surface area (Å²) >= 11 is 1.40. The molecule has 1 unspecified atom stereocenters. The second-order valence-corrected chi connectivity index (χ2v) is 10.6. The minimum atomic E-state index is -1.20. The molecule has 6 nitrogen and oxygen atoms in total. The fourth-order valence-corrected chi connectivity index (χ4v) is 5.02. The zero-order valence-corrected chi connectivity index (χ0v) is 20.7. The van der Waals surface area contributed by atoms with Gasteiger partial charge in [-0.05, 0) is 86.8 Å². The largest absolute Gasteiger partial charge is 0.508 e. The lowest BCUT2D eigenvalue weighted by atomic mass is 9.91. The number of aromatic hydroxyl groups is 1. The minimum Gasteiger partial charge on any atom is -0.508 e. The van der Waals surface area contributed by atoms with Gasteiger partial charge in [0, 0.05) is 30.1 Å². The Balaban J connectivity index is 1.58. The van der Waals surface area contributed by atoms with Crippen LogP contribution >= 0.6 is 11.3 Å². The maximum absolute atomic E-state index is 13.6. The van der Waals surface area contributed by atoms with E-state index in [2.05, 4.69) is 34.7 Å². The highest BCUT2D eigenvalue weighted by Crippen LogP contribution is 2.24. The van der Waals surface area contributed by atoms with Crippen molar-refractivity contribution in [2.75, 3.05) is 25.5 Å². The van der Waals surface area contributed by atoms with Gasteiger partial charge in [-0.15, -0.1) is 11.3 Å². The predicted octanol–water partition coefficient (Wildman–Crippen LogP) is 4.16. The van der Waals surface area contributed by atoms with Gasteiger partial charge in [-0.25, -0.2) is 0 Å². The standard InChI is InChI=1S/C27H31N3O3S/c1-18-4-11-24(34-18)25(32)29-27(2,17-19-5-9-23(31)10-6-19)26(33)28-22-8-7-20-12-14-30(3)15-13-21(20)16-22/h4-11,16,31H,12-15,17H2,1-3H3,(H,28,33)(H,29,32). The number of likely N-dealkylation sites (N-methyl/N-ethyl adjacent to an activating group) is 1. The molecule has 0 fully saturated rings. The van der Waals surface area contributed by atoms with Crippen LogP contribution in [0.3, 0.4) is 0 Å². The molecule has 0 radical (unpaired) electrons. The highest BCUT2D eigenvalue weighted by atomic mass is 32.1. The second-order valence-electron chi connectivity index (χ2n) is 9.28. The maximum Gasteiger partial charge on any atom is 0.262 e. The average Bonchev–Trinajstić information content (AvgIpc) is 3.16. The van der Waals surface area contributed by atoms with Crippen molar-refractivity contribution < 1.29 is 14.7 Å². The van der Waals surface area contributed by atoms with Crippen LogP contribution in [0.1, 0.15) is 38.2 Å². The van der Waals surface area contributed by atoms with Gasteiger partial charge in [0.05, 0.1) is 4.88 Å². The molecule has 3 aromatic rings. The Labute approximate surface area is 204 Å². The molecule has 3 N–H and O–H groups in total. The average molecular weight is 478 g/mol. The summed E-state index contributed by atoms with van der Waals surface area (Å²) in [5, 5.41) is 15.7. The monoisotopic (exact) mass is 477 g/mol. The summed E-state index contributed by atoms with van der Waals surface area (Å²) in [6.07, 6.45) is 2.22. The van der Waals surface area contributed by atoms with Gasteiger partial charge < -0.3 is 20.6 Å². The van der Waals surface area contributed by atoms with Crippen molar-refractivity contribution in [2.24, 2.45) is 0 Å². The van der Waals surface area contributed by atoms with Crippen molar-refractivity contribution in [3.63, 3.8) is 0 Å². The number of carbonyl (C=O) groups is 2. The fourth-order valence-electron chi connectivity index (χ4n) is 4.26. The van der Waals surface area contributed by atoms with Crippen LogP contribution in [0, 0.1) is 6.92 Å².